The Kier molecular flexibility index (Phi) is 16.9. The molecule has 0 radical (unpaired) electrons. The van der Waals surface area contributed by atoms with Gasteiger partial charge in [0.1, 0.15) is 61.0 Å². The van der Waals surface area contributed by atoms with E-state index < -0.39 is 110 Å². The number of hydrogen-bond acceptors (Lipinski definition) is 15. The Labute approximate surface area is 353 Å². The van der Waals surface area contributed by atoms with Crippen molar-refractivity contribution in [2.75, 3.05) is 19.7 Å². The zero-order valence-electron chi connectivity index (χ0n) is 32.2. The van der Waals surface area contributed by atoms with E-state index in [4.69, 9.17) is 23.7 Å². The van der Waals surface area contributed by atoms with Crippen molar-refractivity contribution < 1.29 is 104 Å². The molecule has 17 heteroatoms. The molecular formula is C40H54NNaO15. The molecule has 14 atom stereocenters. The Morgan fingerprint density at radius 3 is 1.95 bits per heavy atom. The van der Waals surface area contributed by atoms with Gasteiger partial charge in [-0.2, -0.15) is 0 Å². The summed E-state index contributed by atoms with van der Waals surface area (Å²) in [5, 5.41) is 88.4. The number of ether oxygens (including phenoxy) is 5. The van der Waals surface area contributed by atoms with Gasteiger partial charge < -0.3 is 74.2 Å². The second kappa shape index (κ2) is 20.9. The first-order valence-corrected chi connectivity index (χ1v) is 19.4. The number of carbonyl (C=O) groups excluding carboxylic acids is 2. The molecule has 0 spiro atoms. The Hall–Kier alpha value is -2.10. The first-order valence-electron chi connectivity index (χ1n) is 19.4. The van der Waals surface area contributed by atoms with Crippen molar-refractivity contribution in [2.24, 2.45) is 5.92 Å². The normalized spacial score (nSPS) is 35.7. The summed E-state index contributed by atoms with van der Waals surface area (Å²) in [6.45, 7) is 0.111. The van der Waals surface area contributed by atoms with Crippen molar-refractivity contribution >= 4 is 11.9 Å². The van der Waals surface area contributed by atoms with Gasteiger partial charge in [-0.05, 0) is 30.4 Å². The summed E-state index contributed by atoms with van der Waals surface area (Å²) in [6.07, 6.45) is -17.0. The SMILES string of the molecule is CC1OC(OC2C(O)CN(C(=O)C(c3ccccc3)c3ccccc3)CC2OC2OC(CO)C(O)C(O[C@@H](CC3CCCCC3)C(=O)[O-])C2O)C(O)C(O)C1O.[Na+]. The van der Waals surface area contributed by atoms with Crippen molar-refractivity contribution in [1.29, 1.82) is 0 Å². The van der Waals surface area contributed by atoms with Crippen LogP contribution in [0.4, 0.5) is 0 Å². The molecule has 13 unspecified atom stereocenters. The monoisotopic (exact) mass is 811 g/mol. The number of benzene rings is 2. The van der Waals surface area contributed by atoms with Crippen LogP contribution in [0.1, 0.15) is 62.5 Å². The third-order valence-corrected chi connectivity index (χ3v) is 11.5. The molecule has 16 nitrogen and oxygen atoms in total. The molecule has 6 rings (SSSR count). The van der Waals surface area contributed by atoms with Crippen molar-refractivity contribution in [3.8, 4) is 0 Å². The zero-order valence-corrected chi connectivity index (χ0v) is 34.2. The second-order valence-electron chi connectivity index (χ2n) is 15.4. The van der Waals surface area contributed by atoms with Crippen LogP contribution in [-0.2, 0) is 33.3 Å². The molecule has 57 heavy (non-hydrogen) atoms. The number of carboxylic acid groups (broad SMARTS) is 1. The minimum Gasteiger partial charge on any atom is -0.547 e. The standard InChI is InChI=1S/C40H55NO15.Na/c1-21-30(44)32(46)33(47)39(52-21)56-35-25(43)18-41(37(49)29(23-13-7-3-8-14-23)24-15-9-4-10-16-24)19-27(35)54-40-34(48)36(31(45)28(20-42)55-40)53-26(38(50)51)17-22-11-5-2-6-12-22;/h3-4,7-10,13-16,21-22,25-36,39-40,42-48H,2,5-6,11-12,17-20H2,1H3,(H,50,51);/q;+1/p-1/t21?,25?,26-,27?,28?,30?,31?,32?,33?,34?,35?,36?,39?,40?;/m0./s1. The first-order chi connectivity index (χ1) is 26.9. The molecule has 3 aliphatic heterocycles. The maximum Gasteiger partial charge on any atom is 1.00 e. The average molecular weight is 812 g/mol. The maximum absolute atomic E-state index is 14.5. The predicted molar refractivity (Wildman–Crippen MR) is 192 cm³/mol. The summed E-state index contributed by atoms with van der Waals surface area (Å²) in [5.74, 6) is -2.72. The number of rotatable bonds is 13. The fourth-order valence-corrected chi connectivity index (χ4v) is 8.30. The first kappa shape index (κ1) is 46.0. The van der Waals surface area contributed by atoms with Crippen molar-refractivity contribution in [3.63, 3.8) is 0 Å². The molecule has 3 saturated heterocycles. The van der Waals surface area contributed by atoms with E-state index in [0.29, 0.717) is 11.1 Å². The number of hydrogen-bond donors (Lipinski definition) is 7. The number of aliphatic hydroxyl groups excluding tert-OH is 7. The number of aliphatic carboxylic acids is 1. The van der Waals surface area contributed by atoms with E-state index in [9.17, 15) is 50.4 Å². The van der Waals surface area contributed by atoms with Crippen LogP contribution in [0.2, 0.25) is 0 Å². The zero-order chi connectivity index (χ0) is 40.1. The summed E-state index contributed by atoms with van der Waals surface area (Å²) in [4.78, 5) is 28.2. The predicted octanol–water partition coefficient (Wildman–Crippen LogP) is -4.46. The van der Waals surface area contributed by atoms with E-state index in [0.717, 1.165) is 32.1 Å². The topological polar surface area (TPSA) is 248 Å². The smallest absolute Gasteiger partial charge is 0.547 e. The van der Waals surface area contributed by atoms with Crippen LogP contribution in [0.5, 0.6) is 0 Å². The van der Waals surface area contributed by atoms with Crippen molar-refractivity contribution in [3.05, 3.63) is 71.8 Å². The molecule has 7 N–H and O–H groups in total. The van der Waals surface area contributed by atoms with Gasteiger partial charge in [0.05, 0.1) is 30.7 Å². The van der Waals surface area contributed by atoms with E-state index in [1.54, 1.807) is 48.5 Å². The molecule has 0 bridgehead atoms. The van der Waals surface area contributed by atoms with Gasteiger partial charge in [0.25, 0.3) is 0 Å². The molecule has 2 aromatic rings. The van der Waals surface area contributed by atoms with Gasteiger partial charge in [0, 0.05) is 13.1 Å². The van der Waals surface area contributed by atoms with E-state index >= 15 is 0 Å². The largest absolute Gasteiger partial charge is 1.00 e. The van der Waals surface area contributed by atoms with Gasteiger partial charge in [-0.15, -0.1) is 0 Å². The molecular weight excluding hydrogens is 757 g/mol. The number of carboxylic acids is 1. The van der Waals surface area contributed by atoms with E-state index in [-0.39, 0.29) is 55.0 Å². The van der Waals surface area contributed by atoms with Gasteiger partial charge in [-0.25, -0.2) is 0 Å². The Morgan fingerprint density at radius 2 is 1.37 bits per heavy atom. The maximum atomic E-state index is 14.5. The van der Waals surface area contributed by atoms with Crippen LogP contribution in [-0.4, -0.2) is 158 Å². The van der Waals surface area contributed by atoms with Gasteiger partial charge in [0.2, 0.25) is 5.91 Å². The molecule has 1 aliphatic carbocycles. The van der Waals surface area contributed by atoms with Crippen LogP contribution < -0.4 is 34.7 Å². The Bertz CT molecular complexity index is 1520. The minimum absolute atomic E-state index is 0. The summed E-state index contributed by atoms with van der Waals surface area (Å²) in [5.41, 5.74) is 1.35. The quantitative estimate of drug-likeness (QED) is 0.0944. The number of amides is 1. The molecule has 2 aromatic carbocycles. The van der Waals surface area contributed by atoms with Gasteiger partial charge in [-0.3, -0.25) is 4.79 Å². The third-order valence-electron chi connectivity index (χ3n) is 11.5. The number of piperidine rings is 1. The van der Waals surface area contributed by atoms with Crippen LogP contribution in [0, 0.1) is 5.92 Å². The number of aliphatic hydroxyl groups is 7. The Balaban J connectivity index is 0.00000620. The van der Waals surface area contributed by atoms with Crippen LogP contribution in [0.3, 0.4) is 0 Å². The molecule has 3 heterocycles. The van der Waals surface area contributed by atoms with Gasteiger partial charge >= 0.3 is 29.6 Å². The molecule has 1 saturated carbocycles. The molecule has 0 aromatic heterocycles. The fraction of sp³-hybridized carbons (Fsp3) is 0.650. The van der Waals surface area contributed by atoms with E-state index in [2.05, 4.69) is 0 Å². The van der Waals surface area contributed by atoms with Crippen molar-refractivity contribution in [1.82, 2.24) is 4.90 Å². The van der Waals surface area contributed by atoms with Crippen LogP contribution >= 0.6 is 0 Å². The number of carbonyl (C=O) groups is 2. The fourth-order valence-electron chi connectivity index (χ4n) is 8.30. The number of likely N-dealkylation sites (tertiary alicyclic amines) is 1. The third kappa shape index (κ3) is 10.8. The van der Waals surface area contributed by atoms with Gasteiger partial charge in [0.15, 0.2) is 12.6 Å². The molecule has 4 fully saturated rings. The summed E-state index contributed by atoms with van der Waals surface area (Å²) < 4.78 is 29.7. The number of β-amino-alcohol motifs (C(OH)–C–C–N with tert-alkyl or cyclic N) is 1. The minimum atomic E-state index is -1.86. The summed E-state index contributed by atoms with van der Waals surface area (Å²) in [6, 6.07) is 18.1. The van der Waals surface area contributed by atoms with Crippen molar-refractivity contribution in [2.45, 2.75) is 137 Å². The van der Waals surface area contributed by atoms with E-state index in [1.165, 1.54) is 11.8 Å². The molecule has 1 amide bonds. The van der Waals surface area contributed by atoms with Crippen LogP contribution in [0.25, 0.3) is 0 Å². The average Bonchev–Trinajstić information content (AvgIpc) is 3.20. The van der Waals surface area contributed by atoms with Crippen LogP contribution in [0.15, 0.2) is 60.7 Å². The Morgan fingerprint density at radius 1 is 0.772 bits per heavy atom. The summed E-state index contributed by atoms with van der Waals surface area (Å²) >= 11 is 0. The number of nitrogens with zero attached hydrogens (tertiary/aromatic N) is 1. The van der Waals surface area contributed by atoms with E-state index in [1.807, 2.05) is 12.1 Å². The summed E-state index contributed by atoms with van der Waals surface area (Å²) in [7, 11) is 0. The molecule has 310 valence electrons. The molecule has 4 aliphatic rings. The van der Waals surface area contributed by atoms with Gasteiger partial charge in [-0.1, -0.05) is 92.8 Å². The second-order valence-corrected chi connectivity index (χ2v) is 15.4.